The van der Waals surface area contributed by atoms with Crippen LogP contribution in [0.25, 0.3) is 0 Å². The Kier molecular flexibility index (Phi) is 5.05. The van der Waals surface area contributed by atoms with E-state index in [0.29, 0.717) is 6.42 Å². The quantitative estimate of drug-likeness (QED) is 0.753. The van der Waals surface area contributed by atoms with Crippen LogP contribution in [-0.2, 0) is 4.79 Å². The molecule has 0 aromatic heterocycles. The van der Waals surface area contributed by atoms with Crippen LogP contribution < -0.4 is 5.32 Å². The van der Waals surface area contributed by atoms with Crippen molar-refractivity contribution in [2.24, 2.45) is 0 Å². The highest BCUT2D eigenvalue weighted by atomic mass is 19.4. The number of carbonyl (C=O) groups excluding carboxylic acids is 1. The fourth-order valence-corrected chi connectivity index (χ4v) is 1.79. The summed E-state index contributed by atoms with van der Waals surface area (Å²) in [4.78, 5) is 12.7. The molecule has 0 aromatic rings. The van der Waals surface area contributed by atoms with Gasteiger partial charge in [0.1, 0.15) is 0 Å². The highest BCUT2D eigenvalue weighted by Gasteiger charge is 2.38. The first-order valence-corrected chi connectivity index (χ1v) is 5.57. The Hall–Kier alpha value is -0.780. The van der Waals surface area contributed by atoms with Crippen LogP contribution in [0.3, 0.4) is 0 Å². The van der Waals surface area contributed by atoms with Gasteiger partial charge < -0.3 is 10.2 Å². The summed E-state index contributed by atoms with van der Waals surface area (Å²) in [6, 6.07) is 0. The van der Waals surface area contributed by atoms with Crippen LogP contribution in [0.15, 0.2) is 0 Å². The van der Waals surface area contributed by atoms with E-state index < -0.39 is 12.1 Å². The second-order valence-corrected chi connectivity index (χ2v) is 4.01. The summed E-state index contributed by atoms with van der Waals surface area (Å²) in [5, 5.41) is 1.87. The van der Waals surface area contributed by atoms with Gasteiger partial charge in [-0.15, -0.1) is 0 Å². The predicted molar refractivity (Wildman–Crippen MR) is 54.0 cm³/mol. The molecule has 1 aliphatic heterocycles. The number of piperidine rings is 1. The van der Waals surface area contributed by atoms with E-state index >= 15 is 0 Å². The molecule has 0 saturated carbocycles. The molecular weight excluding hydrogens is 221 g/mol. The second-order valence-electron chi connectivity index (χ2n) is 4.01. The van der Waals surface area contributed by atoms with Crippen LogP contribution in [0.4, 0.5) is 13.2 Å². The molecule has 1 saturated heterocycles. The fraction of sp³-hybridized carbons (Fsp3) is 0.900. The van der Waals surface area contributed by atoms with Crippen molar-refractivity contribution in [1.82, 2.24) is 10.2 Å². The SMILES string of the molecule is O=C(NCCCN1CCCCC1)C(F)(F)F. The highest BCUT2D eigenvalue weighted by molar-refractivity contribution is 5.81. The molecule has 1 heterocycles. The summed E-state index contributed by atoms with van der Waals surface area (Å²) in [5.74, 6) is -1.84. The smallest absolute Gasteiger partial charge is 0.348 e. The molecule has 0 aromatic carbocycles. The first-order chi connectivity index (χ1) is 7.50. The van der Waals surface area contributed by atoms with E-state index in [1.807, 2.05) is 5.32 Å². The highest BCUT2D eigenvalue weighted by Crippen LogP contribution is 2.14. The summed E-state index contributed by atoms with van der Waals surface area (Å²) in [6.45, 7) is 2.90. The minimum Gasteiger partial charge on any atom is -0.348 e. The molecule has 3 nitrogen and oxygen atoms in total. The minimum absolute atomic E-state index is 0.0921. The third-order valence-corrected chi connectivity index (χ3v) is 2.64. The molecule has 1 rings (SSSR count). The first-order valence-electron chi connectivity index (χ1n) is 5.57. The Balaban J connectivity index is 2.05. The number of hydrogen-bond acceptors (Lipinski definition) is 2. The number of nitrogens with one attached hydrogen (secondary N) is 1. The molecule has 16 heavy (non-hydrogen) atoms. The zero-order valence-corrected chi connectivity index (χ0v) is 9.15. The van der Waals surface area contributed by atoms with Crippen LogP contribution in [0.2, 0.25) is 0 Å². The Morgan fingerprint density at radius 3 is 2.38 bits per heavy atom. The molecule has 94 valence electrons. The van der Waals surface area contributed by atoms with Gasteiger partial charge in [0.15, 0.2) is 0 Å². The third kappa shape index (κ3) is 4.83. The normalized spacial score (nSPS) is 18.4. The lowest BCUT2D eigenvalue weighted by atomic mass is 10.1. The Morgan fingerprint density at radius 2 is 1.81 bits per heavy atom. The molecule has 0 aliphatic carbocycles. The van der Waals surface area contributed by atoms with Gasteiger partial charge in [0, 0.05) is 6.54 Å². The van der Waals surface area contributed by atoms with Crippen molar-refractivity contribution in [3.05, 3.63) is 0 Å². The minimum atomic E-state index is -4.76. The van der Waals surface area contributed by atoms with Crippen molar-refractivity contribution in [3.63, 3.8) is 0 Å². The lowest BCUT2D eigenvalue weighted by Crippen LogP contribution is -2.38. The maximum Gasteiger partial charge on any atom is 0.471 e. The van der Waals surface area contributed by atoms with Gasteiger partial charge in [-0.2, -0.15) is 13.2 Å². The van der Waals surface area contributed by atoms with Gasteiger partial charge in [0.25, 0.3) is 0 Å². The van der Waals surface area contributed by atoms with Crippen molar-refractivity contribution in [1.29, 1.82) is 0 Å². The molecule has 0 radical (unpaired) electrons. The molecule has 1 N–H and O–H groups in total. The van der Waals surface area contributed by atoms with E-state index in [2.05, 4.69) is 4.90 Å². The summed E-state index contributed by atoms with van der Waals surface area (Å²) < 4.78 is 35.4. The Bertz CT molecular complexity index is 225. The maximum atomic E-state index is 11.8. The predicted octanol–water partition coefficient (Wildman–Crippen LogP) is 1.54. The van der Waals surface area contributed by atoms with Crippen molar-refractivity contribution < 1.29 is 18.0 Å². The maximum absolute atomic E-state index is 11.8. The summed E-state index contributed by atoms with van der Waals surface area (Å²) in [7, 11) is 0. The molecule has 0 spiro atoms. The van der Waals surface area contributed by atoms with Crippen molar-refractivity contribution in [2.45, 2.75) is 31.9 Å². The molecule has 0 unspecified atom stereocenters. The Morgan fingerprint density at radius 1 is 1.19 bits per heavy atom. The van der Waals surface area contributed by atoms with E-state index in [-0.39, 0.29) is 6.54 Å². The van der Waals surface area contributed by atoms with E-state index in [1.54, 1.807) is 0 Å². The van der Waals surface area contributed by atoms with Gasteiger partial charge in [-0.3, -0.25) is 4.79 Å². The number of alkyl halides is 3. The van der Waals surface area contributed by atoms with Crippen LogP contribution in [0.1, 0.15) is 25.7 Å². The Labute approximate surface area is 93.0 Å². The van der Waals surface area contributed by atoms with Crippen LogP contribution in [0.5, 0.6) is 0 Å². The van der Waals surface area contributed by atoms with Gasteiger partial charge in [0.05, 0.1) is 0 Å². The molecule has 1 amide bonds. The summed E-state index contributed by atoms with van der Waals surface area (Å²) in [5.41, 5.74) is 0. The van der Waals surface area contributed by atoms with Crippen LogP contribution >= 0.6 is 0 Å². The van der Waals surface area contributed by atoms with Gasteiger partial charge in [0.2, 0.25) is 0 Å². The molecule has 1 aliphatic rings. The number of amides is 1. The molecule has 0 atom stereocenters. The first kappa shape index (κ1) is 13.3. The largest absolute Gasteiger partial charge is 0.471 e. The lowest BCUT2D eigenvalue weighted by molar-refractivity contribution is -0.173. The third-order valence-electron chi connectivity index (χ3n) is 2.64. The van der Waals surface area contributed by atoms with E-state index in [9.17, 15) is 18.0 Å². The molecule has 1 fully saturated rings. The van der Waals surface area contributed by atoms with Crippen LogP contribution in [-0.4, -0.2) is 43.2 Å². The monoisotopic (exact) mass is 238 g/mol. The second kappa shape index (κ2) is 6.08. The fourth-order valence-electron chi connectivity index (χ4n) is 1.79. The van der Waals surface area contributed by atoms with E-state index in [1.165, 1.54) is 6.42 Å². The van der Waals surface area contributed by atoms with Gasteiger partial charge >= 0.3 is 12.1 Å². The zero-order chi connectivity index (χ0) is 12.0. The number of hydrogen-bond donors (Lipinski definition) is 1. The molecular formula is C10H17F3N2O. The van der Waals surface area contributed by atoms with Crippen molar-refractivity contribution in [3.8, 4) is 0 Å². The summed E-state index contributed by atoms with van der Waals surface area (Å²) >= 11 is 0. The molecule has 0 bridgehead atoms. The van der Waals surface area contributed by atoms with E-state index in [0.717, 1.165) is 32.5 Å². The van der Waals surface area contributed by atoms with Crippen LogP contribution in [0, 0.1) is 0 Å². The number of likely N-dealkylation sites (tertiary alicyclic amines) is 1. The lowest BCUT2D eigenvalue weighted by Gasteiger charge is -2.26. The number of carbonyl (C=O) groups is 1. The number of halogens is 3. The molecule has 6 heteroatoms. The average molecular weight is 238 g/mol. The van der Waals surface area contributed by atoms with Crippen molar-refractivity contribution >= 4 is 5.91 Å². The van der Waals surface area contributed by atoms with Gasteiger partial charge in [-0.1, -0.05) is 6.42 Å². The number of nitrogens with zero attached hydrogens (tertiary/aromatic N) is 1. The average Bonchev–Trinajstić information content (AvgIpc) is 2.24. The number of rotatable bonds is 4. The standard InChI is InChI=1S/C10H17F3N2O/c11-10(12,13)9(16)14-5-4-8-15-6-2-1-3-7-15/h1-8H2,(H,14,16). The zero-order valence-electron chi connectivity index (χ0n) is 9.15. The van der Waals surface area contributed by atoms with E-state index in [4.69, 9.17) is 0 Å². The topological polar surface area (TPSA) is 32.3 Å². The van der Waals surface area contributed by atoms with Gasteiger partial charge in [-0.25, -0.2) is 0 Å². The summed E-state index contributed by atoms with van der Waals surface area (Å²) in [6.07, 6.45) is -0.627. The van der Waals surface area contributed by atoms with Crippen molar-refractivity contribution in [2.75, 3.05) is 26.2 Å². The van der Waals surface area contributed by atoms with Gasteiger partial charge in [-0.05, 0) is 38.9 Å².